The fourth-order valence-corrected chi connectivity index (χ4v) is 4.20. The van der Waals surface area contributed by atoms with E-state index in [2.05, 4.69) is 43.0 Å². The van der Waals surface area contributed by atoms with E-state index in [-0.39, 0.29) is 18.2 Å². The highest BCUT2D eigenvalue weighted by atomic mass is 35.5. The van der Waals surface area contributed by atoms with Crippen LogP contribution in [0.5, 0.6) is 0 Å². The Morgan fingerprint density at radius 2 is 1.81 bits per heavy atom. The van der Waals surface area contributed by atoms with Crippen LogP contribution in [-0.4, -0.2) is 49.7 Å². The zero-order valence-electron chi connectivity index (χ0n) is 18.2. The molecule has 2 aromatic carbocycles. The summed E-state index contributed by atoms with van der Waals surface area (Å²) in [6, 6.07) is 18.8. The summed E-state index contributed by atoms with van der Waals surface area (Å²) in [7, 11) is 0. The van der Waals surface area contributed by atoms with E-state index in [1.165, 1.54) is 5.56 Å². The Hall–Kier alpha value is -2.53. The molecule has 0 aliphatic carbocycles. The summed E-state index contributed by atoms with van der Waals surface area (Å²) in [6.07, 6.45) is 2.62. The second kappa shape index (κ2) is 10.2. The quantitative estimate of drug-likeness (QED) is 0.541. The third kappa shape index (κ3) is 5.79. The maximum Gasteiger partial charge on any atom is 0.193 e. The van der Waals surface area contributed by atoms with Crippen molar-refractivity contribution in [2.24, 2.45) is 9.98 Å². The van der Waals surface area contributed by atoms with Gasteiger partial charge >= 0.3 is 0 Å². The number of aryl methyl sites for hydroxylation is 1. The summed E-state index contributed by atoms with van der Waals surface area (Å²) in [4.78, 5) is 11.9. The molecule has 4 rings (SSSR count). The smallest absolute Gasteiger partial charge is 0.193 e. The monoisotopic (exact) mass is 439 g/mol. The molecule has 31 heavy (non-hydrogen) atoms. The topological polar surface area (TPSA) is 46.4 Å². The molecule has 2 aliphatic rings. The normalized spacial score (nSPS) is 22.5. The highest BCUT2D eigenvalue weighted by Crippen LogP contribution is 2.23. The van der Waals surface area contributed by atoms with Crippen LogP contribution in [0.2, 0.25) is 5.02 Å². The number of aliphatic imine (C=N–C) groups is 2. The van der Waals surface area contributed by atoms with E-state index >= 15 is 0 Å². The van der Waals surface area contributed by atoms with Crippen molar-refractivity contribution in [2.75, 3.05) is 24.6 Å². The molecule has 3 unspecified atom stereocenters. The van der Waals surface area contributed by atoms with Crippen LogP contribution in [0.25, 0.3) is 0 Å². The van der Waals surface area contributed by atoms with Gasteiger partial charge in [0.2, 0.25) is 0 Å². The molecule has 0 aromatic heterocycles. The van der Waals surface area contributed by atoms with Crippen LogP contribution in [0, 0.1) is 0 Å². The van der Waals surface area contributed by atoms with Crippen molar-refractivity contribution >= 4 is 29.1 Å². The minimum atomic E-state index is 0.0944. The van der Waals surface area contributed by atoms with Crippen molar-refractivity contribution in [1.82, 2.24) is 0 Å². The van der Waals surface area contributed by atoms with Crippen molar-refractivity contribution < 1.29 is 9.47 Å². The molecule has 3 atom stereocenters. The number of rotatable bonds is 9. The first-order chi connectivity index (χ1) is 15.1. The second-order valence-electron chi connectivity index (χ2n) is 8.12. The second-order valence-corrected chi connectivity index (χ2v) is 8.55. The molecule has 164 valence electrons. The van der Waals surface area contributed by atoms with E-state index in [9.17, 15) is 0 Å². The lowest BCUT2D eigenvalue weighted by Gasteiger charge is -2.24. The number of nitrogens with zero attached hydrogens (tertiary/aromatic N) is 3. The number of ether oxygens (including phenoxy) is 2. The van der Waals surface area contributed by atoms with E-state index in [1.54, 1.807) is 0 Å². The van der Waals surface area contributed by atoms with Crippen molar-refractivity contribution in [2.45, 2.75) is 51.3 Å². The van der Waals surface area contributed by atoms with Gasteiger partial charge in [-0.15, -0.1) is 0 Å². The summed E-state index contributed by atoms with van der Waals surface area (Å²) in [5, 5.41) is 0.748. The molecule has 0 saturated heterocycles. The molecule has 2 aromatic rings. The van der Waals surface area contributed by atoms with Gasteiger partial charge in [-0.1, -0.05) is 41.9 Å². The molecular weight excluding hydrogens is 410 g/mol. The van der Waals surface area contributed by atoms with Gasteiger partial charge in [-0.2, -0.15) is 0 Å². The van der Waals surface area contributed by atoms with Crippen LogP contribution in [-0.2, 0) is 15.9 Å². The number of anilines is 1. The summed E-state index contributed by atoms with van der Waals surface area (Å²) < 4.78 is 11.9. The first kappa shape index (κ1) is 21.7. The minimum absolute atomic E-state index is 0.0944. The average molecular weight is 440 g/mol. The molecule has 0 amide bonds. The van der Waals surface area contributed by atoms with Crippen LogP contribution in [0.3, 0.4) is 0 Å². The number of hydrogen-bond donors (Lipinski definition) is 0. The largest absolute Gasteiger partial charge is 0.478 e. The van der Waals surface area contributed by atoms with Crippen LogP contribution in [0.4, 0.5) is 5.69 Å². The molecule has 2 heterocycles. The van der Waals surface area contributed by atoms with E-state index in [1.807, 2.05) is 30.3 Å². The van der Waals surface area contributed by atoms with Gasteiger partial charge in [0, 0.05) is 23.8 Å². The molecule has 6 heteroatoms. The van der Waals surface area contributed by atoms with Crippen LogP contribution in [0.15, 0.2) is 64.6 Å². The summed E-state index contributed by atoms with van der Waals surface area (Å²) in [5.41, 5.74) is 2.49. The first-order valence-electron chi connectivity index (χ1n) is 11.1. The Labute approximate surface area is 189 Å². The average Bonchev–Trinajstić information content (AvgIpc) is 3.37. The van der Waals surface area contributed by atoms with Gasteiger partial charge < -0.3 is 14.4 Å². The van der Waals surface area contributed by atoms with Crippen molar-refractivity contribution in [3.63, 3.8) is 0 Å². The van der Waals surface area contributed by atoms with Gasteiger partial charge in [-0.25, -0.2) is 9.98 Å². The van der Waals surface area contributed by atoms with Gasteiger partial charge in [-0.3, -0.25) is 0 Å². The first-order valence-corrected chi connectivity index (χ1v) is 11.5. The van der Waals surface area contributed by atoms with Crippen molar-refractivity contribution in [1.29, 1.82) is 0 Å². The number of likely N-dealkylation sites (N-methyl/N-ethyl adjacent to an activating group) is 1. The zero-order valence-corrected chi connectivity index (χ0v) is 19.0. The van der Waals surface area contributed by atoms with E-state index < -0.39 is 0 Å². The van der Waals surface area contributed by atoms with Crippen LogP contribution < -0.4 is 4.90 Å². The number of benzene rings is 2. The van der Waals surface area contributed by atoms with Crippen molar-refractivity contribution in [3.8, 4) is 0 Å². The summed E-state index contributed by atoms with van der Waals surface area (Å²) in [5.74, 6) is 1.47. The standard InChI is InChI=1S/C25H30ClN3O2/c1-3-29(22-12-10-20(26)11-13-22)16-21-17-30-24(27-21)15-25-28-23(18(2)31-25)14-9-19-7-5-4-6-8-19/h4-8,10-13,18,21,23H,3,9,14-17H2,1-2H3. The predicted molar refractivity (Wildman–Crippen MR) is 128 cm³/mol. The summed E-state index contributed by atoms with van der Waals surface area (Å²) >= 11 is 6.02. The van der Waals surface area contributed by atoms with Gasteiger partial charge in [0.25, 0.3) is 0 Å². The molecule has 5 nitrogen and oxygen atoms in total. The highest BCUT2D eigenvalue weighted by molar-refractivity contribution is 6.30. The van der Waals surface area contributed by atoms with Gasteiger partial charge in [-0.05, 0) is 56.5 Å². The molecule has 0 N–H and O–H groups in total. The Kier molecular flexibility index (Phi) is 7.13. The van der Waals surface area contributed by atoms with Gasteiger partial charge in [0.15, 0.2) is 11.8 Å². The molecule has 0 fully saturated rings. The Balaban J connectivity index is 1.31. The Bertz CT molecular complexity index is 914. The third-order valence-corrected chi connectivity index (χ3v) is 6.07. The highest BCUT2D eigenvalue weighted by Gasteiger charge is 2.30. The molecular formula is C25H30ClN3O2. The lowest BCUT2D eigenvalue weighted by atomic mass is 10.0. The zero-order chi connectivity index (χ0) is 21.6. The third-order valence-electron chi connectivity index (χ3n) is 5.82. The Morgan fingerprint density at radius 3 is 2.55 bits per heavy atom. The molecule has 0 bridgehead atoms. The maximum atomic E-state index is 6.02. The number of hydrogen-bond acceptors (Lipinski definition) is 5. The van der Waals surface area contributed by atoms with Gasteiger partial charge in [0.1, 0.15) is 18.8 Å². The van der Waals surface area contributed by atoms with E-state index in [0.29, 0.717) is 13.0 Å². The maximum absolute atomic E-state index is 6.02. The lowest BCUT2D eigenvalue weighted by Crippen LogP contribution is -2.32. The molecule has 0 spiro atoms. The van der Waals surface area contributed by atoms with E-state index in [4.69, 9.17) is 31.1 Å². The molecule has 0 saturated carbocycles. The molecule has 2 aliphatic heterocycles. The van der Waals surface area contributed by atoms with Crippen molar-refractivity contribution in [3.05, 3.63) is 65.2 Å². The number of halogens is 1. The fraction of sp³-hybridized carbons (Fsp3) is 0.440. The Morgan fingerprint density at radius 1 is 1.03 bits per heavy atom. The SMILES string of the molecule is CCN(CC1COC(CC2=NC(CCc3ccccc3)C(C)O2)=N1)c1ccc(Cl)cc1. The van der Waals surface area contributed by atoms with Crippen LogP contribution in [0.1, 0.15) is 32.3 Å². The predicted octanol–water partition coefficient (Wildman–Crippen LogP) is 5.17. The fourth-order valence-electron chi connectivity index (χ4n) is 4.07. The summed E-state index contributed by atoms with van der Waals surface area (Å²) in [6.45, 7) is 6.55. The minimum Gasteiger partial charge on any atom is -0.478 e. The van der Waals surface area contributed by atoms with Gasteiger partial charge in [0.05, 0.1) is 12.5 Å². The molecule has 0 radical (unpaired) electrons. The van der Waals surface area contributed by atoms with E-state index in [0.717, 1.165) is 48.4 Å². The van der Waals surface area contributed by atoms with Crippen LogP contribution >= 0.6 is 11.6 Å². The lowest BCUT2D eigenvalue weighted by molar-refractivity contribution is 0.204.